The Balaban J connectivity index is 3.19. The smallest absolute Gasteiger partial charge is 0.228 e. The summed E-state index contributed by atoms with van der Waals surface area (Å²) in [5, 5.41) is 8.84. The lowest BCUT2D eigenvalue weighted by atomic mass is 10.2. The molecular weight excluding hydrogens is 222 g/mol. The van der Waals surface area contributed by atoms with Gasteiger partial charge in [-0.05, 0) is 34.5 Å². The average Bonchev–Trinajstić information content (AvgIpc) is 2.09. The van der Waals surface area contributed by atoms with E-state index in [1.54, 1.807) is 7.11 Å². The molecule has 0 fully saturated rings. The number of hydrogen-bond acceptors (Lipinski definition) is 3. The Labute approximate surface area is 79.5 Å². The molecule has 0 amide bonds. The molecule has 0 saturated heterocycles. The zero-order valence-electron chi connectivity index (χ0n) is 6.97. The predicted molar refractivity (Wildman–Crippen MR) is 49.1 cm³/mol. The first kappa shape index (κ1) is 9.48. The van der Waals surface area contributed by atoms with Crippen molar-refractivity contribution in [1.29, 1.82) is 0 Å². The first-order valence-electron chi connectivity index (χ1n) is 3.50. The van der Waals surface area contributed by atoms with Crippen molar-refractivity contribution in [3.05, 3.63) is 21.8 Å². The summed E-state index contributed by atoms with van der Waals surface area (Å²) in [7, 11) is 1.55. The maximum Gasteiger partial charge on any atom is 0.228 e. The van der Waals surface area contributed by atoms with Gasteiger partial charge < -0.3 is 9.84 Å². The molecule has 4 heteroatoms. The summed E-state index contributed by atoms with van der Waals surface area (Å²) in [6.45, 7) is 1.86. The van der Waals surface area contributed by atoms with Crippen LogP contribution in [0.1, 0.15) is 11.3 Å². The van der Waals surface area contributed by atoms with Gasteiger partial charge in [-0.2, -0.15) is 0 Å². The third kappa shape index (κ3) is 1.76. The molecule has 0 aromatic carbocycles. The first-order valence-corrected chi connectivity index (χ1v) is 4.29. The fourth-order valence-electron chi connectivity index (χ4n) is 0.910. The minimum atomic E-state index is -0.0650. The van der Waals surface area contributed by atoms with Crippen molar-refractivity contribution in [2.24, 2.45) is 0 Å². The van der Waals surface area contributed by atoms with E-state index >= 15 is 0 Å². The van der Waals surface area contributed by atoms with Crippen molar-refractivity contribution in [1.82, 2.24) is 4.98 Å². The molecule has 0 aliphatic heterocycles. The Kier molecular flexibility index (Phi) is 3.05. The Hall–Kier alpha value is -0.610. The van der Waals surface area contributed by atoms with E-state index in [1.807, 2.05) is 13.0 Å². The number of rotatable bonds is 2. The average molecular weight is 232 g/mol. The zero-order chi connectivity index (χ0) is 9.14. The van der Waals surface area contributed by atoms with Gasteiger partial charge in [0.1, 0.15) is 0 Å². The van der Waals surface area contributed by atoms with Crippen LogP contribution in [-0.2, 0) is 6.61 Å². The summed E-state index contributed by atoms with van der Waals surface area (Å²) in [6.07, 6.45) is 0. The molecule has 1 aromatic heterocycles. The minimum Gasteiger partial charge on any atom is -0.480 e. The van der Waals surface area contributed by atoms with Crippen molar-refractivity contribution < 1.29 is 9.84 Å². The number of nitrogens with zero attached hydrogens (tertiary/aromatic N) is 1. The Morgan fingerprint density at radius 3 is 2.83 bits per heavy atom. The predicted octanol–water partition coefficient (Wildman–Crippen LogP) is 1.65. The van der Waals surface area contributed by atoms with E-state index in [2.05, 4.69) is 20.9 Å². The molecule has 0 aliphatic carbocycles. The van der Waals surface area contributed by atoms with Crippen molar-refractivity contribution in [3.63, 3.8) is 0 Å². The molecule has 1 rings (SSSR count). The van der Waals surface area contributed by atoms with Crippen molar-refractivity contribution in [3.8, 4) is 5.88 Å². The van der Waals surface area contributed by atoms with Crippen LogP contribution in [0.2, 0.25) is 0 Å². The molecule has 0 unspecified atom stereocenters. The summed E-state index contributed by atoms with van der Waals surface area (Å²) < 4.78 is 5.83. The second-order valence-electron chi connectivity index (χ2n) is 2.41. The Morgan fingerprint density at radius 1 is 1.67 bits per heavy atom. The molecule has 12 heavy (non-hydrogen) atoms. The highest BCUT2D eigenvalue weighted by Crippen LogP contribution is 2.26. The van der Waals surface area contributed by atoms with Gasteiger partial charge in [0.2, 0.25) is 5.88 Å². The SMILES string of the molecule is COc1nc(CO)cc(C)c1Br. The highest BCUT2D eigenvalue weighted by Gasteiger charge is 2.06. The number of ether oxygens (including phenoxy) is 1. The number of aryl methyl sites for hydroxylation is 1. The largest absolute Gasteiger partial charge is 0.480 e. The van der Waals surface area contributed by atoms with Gasteiger partial charge in [-0.3, -0.25) is 0 Å². The maximum atomic E-state index is 8.84. The standard InChI is InChI=1S/C8H10BrNO2/c1-5-3-6(4-11)10-8(12-2)7(5)9/h3,11H,4H2,1-2H3. The molecule has 0 radical (unpaired) electrons. The normalized spacial score (nSPS) is 10.0. The van der Waals surface area contributed by atoms with E-state index in [1.165, 1.54) is 0 Å². The number of aromatic nitrogens is 1. The number of pyridine rings is 1. The highest BCUT2D eigenvalue weighted by atomic mass is 79.9. The van der Waals surface area contributed by atoms with Gasteiger partial charge in [-0.1, -0.05) is 0 Å². The van der Waals surface area contributed by atoms with E-state index in [0.717, 1.165) is 10.0 Å². The molecule has 0 atom stereocenters. The molecule has 0 aliphatic rings. The molecule has 3 nitrogen and oxygen atoms in total. The highest BCUT2D eigenvalue weighted by molar-refractivity contribution is 9.10. The number of halogens is 1. The fraction of sp³-hybridized carbons (Fsp3) is 0.375. The van der Waals surface area contributed by atoms with E-state index in [-0.39, 0.29) is 6.61 Å². The van der Waals surface area contributed by atoms with Crippen molar-refractivity contribution >= 4 is 15.9 Å². The summed E-state index contributed by atoms with van der Waals surface area (Å²) >= 11 is 3.33. The molecule has 0 saturated carbocycles. The van der Waals surface area contributed by atoms with Crippen molar-refractivity contribution in [2.75, 3.05) is 7.11 Å². The van der Waals surface area contributed by atoms with E-state index in [4.69, 9.17) is 9.84 Å². The lowest BCUT2D eigenvalue weighted by Crippen LogP contribution is -1.96. The van der Waals surface area contributed by atoms with E-state index < -0.39 is 0 Å². The van der Waals surface area contributed by atoms with Gasteiger partial charge in [-0.25, -0.2) is 4.98 Å². The third-order valence-electron chi connectivity index (χ3n) is 1.52. The summed E-state index contributed by atoms with van der Waals surface area (Å²) in [4.78, 5) is 4.05. The Morgan fingerprint density at radius 2 is 2.33 bits per heavy atom. The lowest BCUT2D eigenvalue weighted by Gasteiger charge is -2.06. The van der Waals surface area contributed by atoms with Crippen LogP contribution in [0.25, 0.3) is 0 Å². The van der Waals surface area contributed by atoms with Gasteiger partial charge in [0.05, 0.1) is 23.9 Å². The second-order valence-corrected chi connectivity index (χ2v) is 3.20. The monoisotopic (exact) mass is 231 g/mol. The fourth-order valence-corrected chi connectivity index (χ4v) is 1.27. The summed E-state index contributed by atoms with van der Waals surface area (Å²) in [5.74, 6) is 0.513. The molecule has 1 aromatic rings. The van der Waals surface area contributed by atoms with E-state index in [0.29, 0.717) is 11.6 Å². The number of methoxy groups -OCH3 is 1. The molecular formula is C8H10BrNO2. The van der Waals surface area contributed by atoms with Crippen LogP contribution in [-0.4, -0.2) is 17.2 Å². The van der Waals surface area contributed by atoms with Crippen LogP contribution < -0.4 is 4.74 Å². The Bertz CT molecular complexity index is 289. The molecule has 66 valence electrons. The molecule has 0 spiro atoms. The molecule has 1 heterocycles. The zero-order valence-corrected chi connectivity index (χ0v) is 8.55. The molecule has 1 N–H and O–H groups in total. The third-order valence-corrected chi connectivity index (χ3v) is 2.48. The van der Waals surface area contributed by atoms with Crippen molar-refractivity contribution in [2.45, 2.75) is 13.5 Å². The van der Waals surface area contributed by atoms with E-state index in [9.17, 15) is 0 Å². The quantitative estimate of drug-likeness (QED) is 0.842. The van der Waals surface area contributed by atoms with Crippen LogP contribution in [0.3, 0.4) is 0 Å². The van der Waals surface area contributed by atoms with Gasteiger partial charge in [0.15, 0.2) is 0 Å². The minimum absolute atomic E-state index is 0.0650. The van der Waals surface area contributed by atoms with Gasteiger partial charge >= 0.3 is 0 Å². The van der Waals surface area contributed by atoms with Crippen LogP contribution in [0, 0.1) is 6.92 Å². The summed E-state index contributed by atoms with van der Waals surface area (Å²) in [6, 6.07) is 1.81. The van der Waals surface area contributed by atoms with Crippen LogP contribution in [0.4, 0.5) is 0 Å². The first-order chi connectivity index (χ1) is 5.69. The number of aliphatic hydroxyl groups excluding tert-OH is 1. The number of hydrogen-bond donors (Lipinski definition) is 1. The van der Waals surface area contributed by atoms with Gasteiger partial charge in [0.25, 0.3) is 0 Å². The van der Waals surface area contributed by atoms with Crippen LogP contribution in [0.5, 0.6) is 5.88 Å². The van der Waals surface area contributed by atoms with Gasteiger partial charge in [-0.15, -0.1) is 0 Å². The van der Waals surface area contributed by atoms with Crippen LogP contribution in [0.15, 0.2) is 10.5 Å². The lowest BCUT2D eigenvalue weighted by molar-refractivity contribution is 0.274. The topological polar surface area (TPSA) is 42.4 Å². The maximum absolute atomic E-state index is 8.84. The summed E-state index contributed by atoms with van der Waals surface area (Å²) in [5.41, 5.74) is 1.62. The number of aliphatic hydroxyl groups is 1. The second kappa shape index (κ2) is 3.87. The molecule has 0 bridgehead atoms. The van der Waals surface area contributed by atoms with Crippen LogP contribution >= 0.6 is 15.9 Å². The van der Waals surface area contributed by atoms with Gasteiger partial charge in [0, 0.05) is 0 Å².